The minimum absolute atomic E-state index is 0.152. The van der Waals surface area contributed by atoms with Crippen LogP contribution in [0.3, 0.4) is 0 Å². The molecule has 0 saturated carbocycles. The summed E-state index contributed by atoms with van der Waals surface area (Å²) < 4.78 is 5.91. The van der Waals surface area contributed by atoms with Crippen LogP contribution in [0.5, 0.6) is 5.75 Å². The Labute approximate surface area is 90.8 Å². The van der Waals surface area contributed by atoms with Crippen LogP contribution in [0.1, 0.15) is 12.0 Å². The van der Waals surface area contributed by atoms with Crippen LogP contribution in [-0.4, -0.2) is 18.2 Å². The van der Waals surface area contributed by atoms with Crippen molar-refractivity contribution in [2.45, 2.75) is 12.8 Å². The van der Waals surface area contributed by atoms with Gasteiger partial charge in [-0.2, -0.15) is 0 Å². The SMILES string of the molecule is COc1ccc(CCC(=O)O)cc1Br. The van der Waals surface area contributed by atoms with Gasteiger partial charge in [-0.25, -0.2) is 0 Å². The first-order valence-corrected chi connectivity index (χ1v) is 4.97. The number of hydrogen-bond acceptors (Lipinski definition) is 2. The van der Waals surface area contributed by atoms with E-state index >= 15 is 0 Å². The lowest BCUT2D eigenvalue weighted by atomic mass is 10.1. The number of hydrogen-bond donors (Lipinski definition) is 1. The standard InChI is InChI=1S/C10H11BrO3/c1-14-9-4-2-7(6-8(9)11)3-5-10(12)13/h2,4,6H,3,5H2,1H3,(H,12,13). The zero-order chi connectivity index (χ0) is 10.6. The minimum Gasteiger partial charge on any atom is -0.496 e. The summed E-state index contributed by atoms with van der Waals surface area (Å²) in [6.07, 6.45) is 0.691. The molecule has 0 atom stereocenters. The van der Waals surface area contributed by atoms with Gasteiger partial charge < -0.3 is 9.84 Å². The molecule has 14 heavy (non-hydrogen) atoms. The molecule has 0 unspecified atom stereocenters. The van der Waals surface area contributed by atoms with Crippen molar-refractivity contribution in [3.63, 3.8) is 0 Å². The highest BCUT2D eigenvalue weighted by molar-refractivity contribution is 9.10. The van der Waals surface area contributed by atoms with Crippen molar-refractivity contribution in [3.05, 3.63) is 28.2 Å². The van der Waals surface area contributed by atoms with Gasteiger partial charge in [-0.1, -0.05) is 6.07 Å². The molecule has 0 spiro atoms. The number of rotatable bonds is 4. The number of methoxy groups -OCH3 is 1. The van der Waals surface area contributed by atoms with Crippen molar-refractivity contribution < 1.29 is 14.6 Å². The molecule has 0 saturated heterocycles. The quantitative estimate of drug-likeness (QED) is 0.903. The second-order valence-corrected chi connectivity index (χ2v) is 3.72. The zero-order valence-corrected chi connectivity index (χ0v) is 9.37. The number of carbonyl (C=O) groups is 1. The van der Waals surface area contributed by atoms with Gasteiger partial charge in [0.15, 0.2) is 0 Å². The number of carboxylic acids is 1. The van der Waals surface area contributed by atoms with Crippen molar-refractivity contribution in [2.75, 3.05) is 7.11 Å². The van der Waals surface area contributed by atoms with Crippen LogP contribution >= 0.6 is 15.9 Å². The fourth-order valence-electron chi connectivity index (χ4n) is 1.12. The van der Waals surface area contributed by atoms with Gasteiger partial charge in [-0.15, -0.1) is 0 Å². The first-order valence-electron chi connectivity index (χ1n) is 4.17. The molecular weight excluding hydrogens is 248 g/mol. The van der Waals surface area contributed by atoms with Crippen molar-refractivity contribution >= 4 is 21.9 Å². The molecule has 76 valence electrons. The highest BCUT2D eigenvalue weighted by atomic mass is 79.9. The van der Waals surface area contributed by atoms with E-state index in [0.717, 1.165) is 15.8 Å². The average molecular weight is 259 g/mol. The Bertz CT molecular complexity index is 336. The Balaban J connectivity index is 2.71. The molecular formula is C10H11BrO3. The van der Waals surface area contributed by atoms with Crippen LogP contribution in [0, 0.1) is 0 Å². The number of aryl methyl sites for hydroxylation is 1. The first kappa shape index (κ1) is 11.0. The number of benzene rings is 1. The fourth-order valence-corrected chi connectivity index (χ4v) is 1.70. The van der Waals surface area contributed by atoms with E-state index in [9.17, 15) is 4.79 Å². The molecule has 0 aromatic heterocycles. The lowest BCUT2D eigenvalue weighted by Gasteiger charge is -2.05. The number of aliphatic carboxylic acids is 1. The highest BCUT2D eigenvalue weighted by Crippen LogP contribution is 2.25. The molecule has 1 aromatic rings. The third-order valence-corrected chi connectivity index (χ3v) is 2.46. The third-order valence-electron chi connectivity index (χ3n) is 1.84. The van der Waals surface area contributed by atoms with Gasteiger partial charge in [0.25, 0.3) is 0 Å². The van der Waals surface area contributed by atoms with E-state index in [1.165, 1.54) is 0 Å². The zero-order valence-electron chi connectivity index (χ0n) is 7.79. The molecule has 1 aromatic carbocycles. The number of halogens is 1. The molecule has 0 amide bonds. The Hall–Kier alpha value is -1.03. The fraction of sp³-hybridized carbons (Fsp3) is 0.300. The number of ether oxygens (including phenoxy) is 1. The Morgan fingerprint density at radius 3 is 2.79 bits per heavy atom. The molecule has 1 N–H and O–H groups in total. The van der Waals surface area contributed by atoms with E-state index in [4.69, 9.17) is 9.84 Å². The normalized spacial score (nSPS) is 9.86. The Morgan fingerprint density at radius 1 is 1.57 bits per heavy atom. The predicted octanol–water partition coefficient (Wildman–Crippen LogP) is 2.47. The van der Waals surface area contributed by atoms with Gasteiger partial charge in [0.2, 0.25) is 0 Å². The summed E-state index contributed by atoms with van der Waals surface area (Å²) in [5, 5.41) is 8.51. The second-order valence-electron chi connectivity index (χ2n) is 2.86. The Kier molecular flexibility index (Phi) is 3.95. The van der Waals surface area contributed by atoms with Crippen LogP contribution in [0.15, 0.2) is 22.7 Å². The molecule has 0 aliphatic heterocycles. The van der Waals surface area contributed by atoms with Crippen molar-refractivity contribution in [2.24, 2.45) is 0 Å². The van der Waals surface area contributed by atoms with Gasteiger partial charge >= 0.3 is 5.97 Å². The molecule has 0 bridgehead atoms. The van der Waals surface area contributed by atoms with Crippen molar-refractivity contribution in [3.8, 4) is 5.75 Å². The summed E-state index contributed by atoms with van der Waals surface area (Å²) in [5.74, 6) is -0.0268. The summed E-state index contributed by atoms with van der Waals surface area (Å²) in [6, 6.07) is 5.57. The molecule has 1 rings (SSSR count). The van der Waals surface area contributed by atoms with Gasteiger partial charge in [0.1, 0.15) is 5.75 Å². The summed E-state index contributed by atoms with van der Waals surface area (Å²) >= 11 is 3.34. The van der Waals surface area contributed by atoms with Crippen LogP contribution in [-0.2, 0) is 11.2 Å². The Morgan fingerprint density at radius 2 is 2.29 bits per heavy atom. The van der Waals surface area contributed by atoms with E-state index < -0.39 is 5.97 Å². The summed E-state index contributed by atoms with van der Waals surface area (Å²) in [5.41, 5.74) is 0.986. The lowest BCUT2D eigenvalue weighted by Crippen LogP contribution is -1.97. The van der Waals surface area contributed by atoms with E-state index in [2.05, 4.69) is 15.9 Å². The molecule has 4 heteroatoms. The minimum atomic E-state index is -0.781. The van der Waals surface area contributed by atoms with Gasteiger partial charge in [0.05, 0.1) is 11.6 Å². The lowest BCUT2D eigenvalue weighted by molar-refractivity contribution is -0.136. The average Bonchev–Trinajstić information content (AvgIpc) is 2.15. The van der Waals surface area contributed by atoms with Gasteiger partial charge in [-0.3, -0.25) is 4.79 Å². The predicted molar refractivity (Wildman–Crippen MR) is 56.7 cm³/mol. The summed E-state index contributed by atoms with van der Waals surface area (Å²) in [4.78, 5) is 10.3. The van der Waals surface area contributed by atoms with Crippen LogP contribution in [0.4, 0.5) is 0 Å². The van der Waals surface area contributed by atoms with E-state index in [1.807, 2.05) is 18.2 Å². The van der Waals surface area contributed by atoms with Crippen LogP contribution in [0.25, 0.3) is 0 Å². The molecule has 0 fully saturated rings. The van der Waals surface area contributed by atoms with Crippen molar-refractivity contribution in [1.82, 2.24) is 0 Å². The molecule has 0 aliphatic rings. The maximum absolute atomic E-state index is 10.3. The second kappa shape index (κ2) is 5.00. The molecule has 0 radical (unpaired) electrons. The van der Waals surface area contributed by atoms with Gasteiger partial charge in [0, 0.05) is 6.42 Å². The van der Waals surface area contributed by atoms with Crippen molar-refractivity contribution in [1.29, 1.82) is 0 Å². The monoisotopic (exact) mass is 258 g/mol. The topological polar surface area (TPSA) is 46.5 Å². The van der Waals surface area contributed by atoms with Crippen LogP contribution in [0.2, 0.25) is 0 Å². The van der Waals surface area contributed by atoms with E-state index in [0.29, 0.717) is 6.42 Å². The van der Waals surface area contributed by atoms with Gasteiger partial charge in [-0.05, 0) is 40.0 Å². The smallest absolute Gasteiger partial charge is 0.303 e. The maximum atomic E-state index is 10.3. The molecule has 0 aliphatic carbocycles. The van der Waals surface area contributed by atoms with E-state index in [-0.39, 0.29) is 6.42 Å². The third kappa shape index (κ3) is 3.03. The molecule has 0 heterocycles. The largest absolute Gasteiger partial charge is 0.496 e. The first-order chi connectivity index (χ1) is 6.63. The highest BCUT2D eigenvalue weighted by Gasteiger charge is 2.03. The van der Waals surface area contributed by atoms with E-state index in [1.54, 1.807) is 7.11 Å². The summed E-state index contributed by atoms with van der Waals surface area (Å²) in [7, 11) is 1.59. The number of carboxylic acid groups (broad SMARTS) is 1. The maximum Gasteiger partial charge on any atom is 0.303 e. The molecule has 3 nitrogen and oxygen atoms in total. The summed E-state index contributed by atoms with van der Waals surface area (Å²) in [6.45, 7) is 0. The van der Waals surface area contributed by atoms with Crippen LogP contribution < -0.4 is 4.74 Å².